The monoisotopic (exact) mass is 549 g/mol. The van der Waals surface area contributed by atoms with Crippen molar-refractivity contribution in [2.24, 2.45) is 0 Å². The van der Waals surface area contributed by atoms with E-state index in [9.17, 15) is 5.26 Å². The average Bonchev–Trinajstić information content (AvgIpc) is 3.38. The van der Waals surface area contributed by atoms with Gasteiger partial charge in [-0.1, -0.05) is 109 Å². The summed E-state index contributed by atoms with van der Waals surface area (Å²) in [5, 5.41) is 10.7. The molecule has 0 bridgehead atoms. The molecule has 200 valence electrons. The molecular formula is C39H23N3O. The molecule has 0 radical (unpaired) electrons. The second-order valence-electron chi connectivity index (χ2n) is 10.7. The first-order chi connectivity index (χ1) is 21.3. The van der Waals surface area contributed by atoms with Crippen molar-refractivity contribution in [2.45, 2.75) is 5.41 Å². The second-order valence-corrected chi connectivity index (χ2v) is 10.7. The molecule has 6 aromatic rings. The summed E-state index contributed by atoms with van der Waals surface area (Å²) >= 11 is 0. The van der Waals surface area contributed by atoms with Gasteiger partial charge >= 0.3 is 0 Å². The highest BCUT2D eigenvalue weighted by Gasteiger charge is 2.49. The molecule has 6 aromatic carbocycles. The second kappa shape index (κ2) is 9.48. The molecule has 4 heteroatoms. The summed E-state index contributed by atoms with van der Waals surface area (Å²) in [6, 6.07) is 49.2. The van der Waals surface area contributed by atoms with Crippen LogP contribution in [-0.2, 0) is 5.41 Å². The fourth-order valence-corrected chi connectivity index (χ4v) is 6.94. The molecule has 0 fully saturated rings. The van der Waals surface area contributed by atoms with Crippen LogP contribution in [0.25, 0.3) is 16.0 Å². The zero-order valence-corrected chi connectivity index (χ0v) is 23.0. The molecule has 4 nitrogen and oxygen atoms in total. The predicted octanol–water partition coefficient (Wildman–Crippen LogP) is 10.0. The summed E-state index contributed by atoms with van der Waals surface area (Å²) in [5.74, 6) is 1.34. The molecule has 0 atom stereocenters. The number of nitrogens with zero attached hydrogens (tertiary/aromatic N) is 3. The van der Waals surface area contributed by atoms with Crippen molar-refractivity contribution in [3.8, 4) is 28.7 Å². The lowest BCUT2D eigenvalue weighted by Crippen LogP contribution is -2.29. The Hall–Kier alpha value is -6.10. The van der Waals surface area contributed by atoms with E-state index < -0.39 is 5.41 Å². The topological polar surface area (TPSA) is 40.6 Å². The van der Waals surface area contributed by atoms with Gasteiger partial charge in [0, 0.05) is 0 Å². The van der Waals surface area contributed by atoms with Gasteiger partial charge in [-0.05, 0) is 63.7 Å². The van der Waals surface area contributed by atoms with Crippen molar-refractivity contribution in [1.29, 1.82) is 5.26 Å². The molecule has 43 heavy (non-hydrogen) atoms. The van der Waals surface area contributed by atoms with E-state index in [2.05, 4.69) is 77.6 Å². The van der Waals surface area contributed by atoms with Crippen LogP contribution < -0.4 is 9.64 Å². The Balaban J connectivity index is 1.56. The Bertz CT molecular complexity index is 2050. The first-order valence-electron chi connectivity index (χ1n) is 14.1. The van der Waals surface area contributed by atoms with Crippen molar-refractivity contribution in [2.75, 3.05) is 4.90 Å². The number of fused-ring (bicyclic) bond motifs is 5. The maximum atomic E-state index is 10.7. The number of anilines is 3. The molecule has 0 saturated heterocycles. The Kier molecular flexibility index (Phi) is 5.44. The van der Waals surface area contributed by atoms with Gasteiger partial charge in [0.2, 0.25) is 5.69 Å². The maximum absolute atomic E-state index is 10.7. The molecular weight excluding hydrogens is 526 g/mol. The highest BCUT2D eigenvalue weighted by molar-refractivity contribution is 6.02. The third-order valence-corrected chi connectivity index (χ3v) is 8.57. The van der Waals surface area contributed by atoms with Crippen molar-refractivity contribution in [1.82, 2.24) is 0 Å². The summed E-state index contributed by atoms with van der Waals surface area (Å²) < 4.78 is 6.30. The minimum atomic E-state index is -0.775. The fourth-order valence-electron chi connectivity index (χ4n) is 6.94. The number of hydrogen-bond acceptors (Lipinski definition) is 3. The number of rotatable bonds is 3. The lowest BCUT2D eigenvalue weighted by Gasteiger charge is -2.37. The molecule has 1 aliphatic heterocycles. The number of benzene rings is 6. The Morgan fingerprint density at radius 3 is 1.77 bits per heavy atom. The largest absolute Gasteiger partial charge is 0.453 e. The first-order valence-corrected chi connectivity index (χ1v) is 14.1. The lowest BCUT2D eigenvalue weighted by molar-refractivity contribution is 0.477. The molecule has 8 rings (SSSR count). The SMILES string of the molecule is [C-]#[N+]c1c(N2c3ccccc3Oc3ccccc32)c(C#N)cc2c1C(c1ccccc1)(c1ccccc1)c1ccccc1-2. The van der Waals surface area contributed by atoms with Crippen LogP contribution in [0.3, 0.4) is 0 Å². The van der Waals surface area contributed by atoms with Gasteiger partial charge in [0.15, 0.2) is 11.5 Å². The maximum Gasteiger partial charge on any atom is 0.217 e. The number of hydrogen-bond donors (Lipinski definition) is 0. The minimum Gasteiger partial charge on any atom is -0.453 e. The number of ether oxygens (including phenoxy) is 1. The van der Waals surface area contributed by atoms with E-state index in [0.717, 1.165) is 44.8 Å². The third-order valence-electron chi connectivity index (χ3n) is 8.57. The van der Waals surface area contributed by atoms with E-state index in [4.69, 9.17) is 11.3 Å². The van der Waals surface area contributed by atoms with Crippen LogP contribution in [0.4, 0.5) is 22.7 Å². The molecule has 1 aliphatic carbocycles. The zero-order chi connectivity index (χ0) is 29.0. The van der Waals surface area contributed by atoms with Crippen molar-refractivity contribution in [3.05, 3.63) is 179 Å². The van der Waals surface area contributed by atoms with Gasteiger partial charge in [-0.25, -0.2) is 4.85 Å². The first kappa shape index (κ1) is 24.7. The van der Waals surface area contributed by atoms with Gasteiger partial charge < -0.3 is 9.64 Å². The van der Waals surface area contributed by atoms with Crippen LogP contribution in [0.5, 0.6) is 11.5 Å². The third kappa shape index (κ3) is 3.35. The van der Waals surface area contributed by atoms with Crippen molar-refractivity contribution < 1.29 is 4.74 Å². The van der Waals surface area contributed by atoms with Crippen LogP contribution in [-0.4, -0.2) is 0 Å². The summed E-state index contributed by atoms with van der Waals surface area (Å²) in [6.45, 7) is 8.78. The van der Waals surface area contributed by atoms with Crippen LogP contribution in [0, 0.1) is 17.9 Å². The molecule has 0 N–H and O–H groups in total. The number of para-hydroxylation sites is 4. The summed E-state index contributed by atoms with van der Waals surface area (Å²) in [6.07, 6.45) is 0. The normalized spacial score (nSPS) is 13.4. The average molecular weight is 550 g/mol. The van der Waals surface area contributed by atoms with E-state index in [1.54, 1.807) is 0 Å². The summed E-state index contributed by atoms with van der Waals surface area (Å²) in [7, 11) is 0. The number of nitriles is 1. The van der Waals surface area contributed by atoms with E-state index in [1.165, 1.54) is 0 Å². The van der Waals surface area contributed by atoms with Gasteiger partial charge in [-0.3, -0.25) is 0 Å². The lowest BCUT2D eigenvalue weighted by atomic mass is 9.67. The summed E-state index contributed by atoms with van der Waals surface area (Å²) in [5.41, 5.74) is 8.27. The Morgan fingerprint density at radius 2 is 1.19 bits per heavy atom. The van der Waals surface area contributed by atoms with Crippen LogP contribution in [0.1, 0.15) is 27.8 Å². The van der Waals surface area contributed by atoms with Gasteiger partial charge in [0.05, 0.1) is 40.7 Å². The molecule has 1 heterocycles. The van der Waals surface area contributed by atoms with Crippen molar-refractivity contribution in [3.63, 3.8) is 0 Å². The Labute approximate surface area is 250 Å². The minimum absolute atomic E-state index is 0.433. The molecule has 0 saturated carbocycles. The van der Waals surface area contributed by atoms with Gasteiger partial charge in [0.1, 0.15) is 0 Å². The van der Waals surface area contributed by atoms with E-state index in [0.29, 0.717) is 28.4 Å². The van der Waals surface area contributed by atoms with Crippen LogP contribution in [0.15, 0.2) is 140 Å². The molecule has 0 amide bonds. The van der Waals surface area contributed by atoms with E-state index in [-0.39, 0.29) is 0 Å². The van der Waals surface area contributed by atoms with E-state index >= 15 is 0 Å². The standard InChI is InChI=1S/C39H23N3O/c1-41-37-36-30(24-26(25-40)38(37)42-32-20-10-12-22-34(32)43-35-23-13-11-21-33(35)42)29-18-8-9-19-31(29)39(36,27-14-4-2-5-15-27)28-16-6-3-7-17-28/h2-24H. The molecule has 0 spiro atoms. The van der Waals surface area contributed by atoms with Gasteiger partial charge in [0.25, 0.3) is 0 Å². The zero-order valence-electron chi connectivity index (χ0n) is 23.0. The highest BCUT2D eigenvalue weighted by atomic mass is 16.5. The van der Waals surface area contributed by atoms with Crippen LogP contribution in [0.2, 0.25) is 0 Å². The van der Waals surface area contributed by atoms with Gasteiger partial charge in [-0.15, -0.1) is 0 Å². The quantitative estimate of drug-likeness (QED) is 0.206. The predicted molar refractivity (Wildman–Crippen MR) is 169 cm³/mol. The van der Waals surface area contributed by atoms with E-state index in [1.807, 2.05) is 77.7 Å². The fraction of sp³-hybridized carbons (Fsp3) is 0.0256. The summed E-state index contributed by atoms with van der Waals surface area (Å²) in [4.78, 5) is 6.35. The molecule has 2 aliphatic rings. The smallest absolute Gasteiger partial charge is 0.217 e. The van der Waals surface area contributed by atoms with Crippen LogP contribution >= 0.6 is 0 Å². The Morgan fingerprint density at radius 1 is 0.651 bits per heavy atom. The van der Waals surface area contributed by atoms with Crippen molar-refractivity contribution >= 4 is 22.7 Å². The highest BCUT2D eigenvalue weighted by Crippen LogP contribution is 2.63. The molecule has 0 unspecified atom stereocenters. The van der Waals surface area contributed by atoms with Gasteiger partial charge in [-0.2, -0.15) is 5.26 Å². The molecule has 0 aromatic heterocycles.